The maximum atomic E-state index is 11.3. The molecule has 3 aliphatic rings. The lowest BCUT2D eigenvalue weighted by molar-refractivity contribution is -0.288. The fourth-order valence-electron chi connectivity index (χ4n) is 3.91. The van der Waals surface area contributed by atoms with Gasteiger partial charge >= 0.3 is 5.97 Å². The number of carbonyl (C=O) groups excluding carboxylic acids is 1. The Labute approximate surface area is 159 Å². The second kappa shape index (κ2) is 7.46. The highest BCUT2D eigenvalue weighted by Gasteiger charge is 2.62. The standard InChI is InChI=1S/C16H25NO11/c1-16(2,13-10(23)8(21)9(22)12(27-13)15(24)25)28-11-5(3-18)26-14-6(7(11)20)17(14)4-19/h4-14,18,20-23H,3H2,1-2H3,(H,24,25). The van der Waals surface area contributed by atoms with Crippen molar-refractivity contribution in [2.45, 2.75) is 80.5 Å². The Morgan fingerprint density at radius 1 is 1.11 bits per heavy atom. The van der Waals surface area contributed by atoms with Crippen molar-refractivity contribution in [3.63, 3.8) is 0 Å². The van der Waals surface area contributed by atoms with Gasteiger partial charge in [-0.2, -0.15) is 0 Å². The Balaban J connectivity index is 1.79. The normalized spacial score (nSPS) is 46.0. The minimum absolute atomic E-state index is 0.504. The second-order valence-electron chi connectivity index (χ2n) is 7.75. The molecular weight excluding hydrogens is 382 g/mol. The van der Waals surface area contributed by atoms with Crippen molar-refractivity contribution in [1.29, 1.82) is 0 Å². The van der Waals surface area contributed by atoms with Gasteiger partial charge in [-0.3, -0.25) is 4.79 Å². The van der Waals surface area contributed by atoms with Gasteiger partial charge in [-0.25, -0.2) is 4.79 Å². The second-order valence-corrected chi connectivity index (χ2v) is 7.75. The van der Waals surface area contributed by atoms with Crippen LogP contribution in [0, 0.1) is 0 Å². The highest BCUT2D eigenvalue weighted by atomic mass is 16.6. The summed E-state index contributed by atoms with van der Waals surface area (Å²) < 4.78 is 16.7. The van der Waals surface area contributed by atoms with Gasteiger partial charge in [0.2, 0.25) is 6.41 Å². The number of fused-ring (bicyclic) bond motifs is 1. The van der Waals surface area contributed by atoms with E-state index in [4.69, 9.17) is 14.2 Å². The van der Waals surface area contributed by atoms with E-state index in [0.717, 1.165) is 0 Å². The molecule has 10 atom stereocenters. The van der Waals surface area contributed by atoms with Gasteiger partial charge in [0.25, 0.3) is 0 Å². The van der Waals surface area contributed by atoms with Gasteiger partial charge in [0, 0.05) is 0 Å². The van der Waals surface area contributed by atoms with Crippen LogP contribution in [-0.2, 0) is 23.8 Å². The van der Waals surface area contributed by atoms with Crippen LogP contribution in [0.15, 0.2) is 0 Å². The largest absolute Gasteiger partial charge is 0.479 e. The number of carboxylic acids is 1. The van der Waals surface area contributed by atoms with Gasteiger partial charge < -0.3 is 49.7 Å². The molecule has 0 aromatic rings. The summed E-state index contributed by atoms with van der Waals surface area (Å²) in [5.41, 5.74) is -1.48. The fraction of sp³-hybridized carbons (Fsp3) is 0.875. The molecule has 1 amide bonds. The van der Waals surface area contributed by atoms with E-state index in [1.54, 1.807) is 0 Å². The van der Waals surface area contributed by atoms with Crippen LogP contribution in [0.2, 0.25) is 0 Å². The average molecular weight is 407 g/mol. The Bertz CT molecular complexity index is 615. The molecule has 0 aliphatic carbocycles. The SMILES string of the molecule is CC(C)(OC1C(CO)OC2C(C1O)N2C=O)C1OC(C(=O)O)C(O)C(O)C1O. The van der Waals surface area contributed by atoms with Gasteiger partial charge in [-0.15, -0.1) is 0 Å². The zero-order valence-electron chi connectivity index (χ0n) is 15.2. The Hall–Kier alpha value is -1.38. The third-order valence-electron chi connectivity index (χ3n) is 5.49. The van der Waals surface area contributed by atoms with Crippen LogP contribution < -0.4 is 0 Å². The van der Waals surface area contributed by atoms with Crippen LogP contribution in [0.5, 0.6) is 0 Å². The number of aliphatic hydroxyl groups is 5. The lowest BCUT2D eigenvalue weighted by Crippen LogP contribution is -2.66. The molecule has 12 nitrogen and oxygen atoms in total. The maximum absolute atomic E-state index is 11.3. The number of amides is 1. The molecule has 6 N–H and O–H groups in total. The Morgan fingerprint density at radius 3 is 2.29 bits per heavy atom. The number of carbonyl (C=O) groups is 2. The first-order valence-electron chi connectivity index (χ1n) is 8.82. The molecule has 0 spiro atoms. The molecule has 0 saturated carbocycles. The van der Waals surface area contributed by atoms with Crippen molar-refractivity contribution >= 4 is 12.4 Å². The predicted molar refractivity (Wildman–Crippen MR) is 86.7 cm³/mol. The molecule has 0 radical (unpaired) electrons. The van der Waals surface area contributed by atoms with Gasteiger partial charge in [0.05, 0.1) is 12.2 Å². The summed E-state index contributed by atoms with van der Waals surface area (Å²) in [6.07, 6.45) is -12.0. The molecule has 0 aromatic heterocycles. The summed E-state index contributed by atoms with van der Waals surface area (Å²) in [7, 11) is 0. The van der Waals surface area contributed by atoms with Crippen LogP contribution in [0.3, 0.4) is 0 Å². The lowest BCUT2D eigenvalue weighted by atomic mass is 9.86. The first-order valence-corrected chi connectivity index (χ1v) is 8.82. The first kappa shape index (κ1) is 21.3. The van der Waals surface area contributed by atoms with Crippen LogP contribution in [0.1, 0.15) is 13.8 Å². The number of aliphatic hydroxyl groups excluding tert-OH is 5. The molecule has 28 heavy (non-hydrogen) atoms. The summed E-state index contributed by atoms with van der Waals surface area (Å²) in [6, 6.07) is -0.655. The number of carboxylic acid groups (broad SMARTS) is 1. The van der Waals surface area contributed by atoms with Crippen LogP contribution >= 0.6 is 0 Å². The molecule has 10 unspecified atom stereocenters. The van der Waals surface area contributed by atoms with Crippen molar-refractivity contribution in [3.05, 3.63) is 0 Å². The predicted octanol–water partition coefficient (Wildman–Crippen LogP) is -4.00. The number of rotatable bonds is 6. The molecule has 0 aromatic carbocycles. The van der Waals surface area contributed by atoms with Crippen molar-refractivity contribution in [2.75, 3.05) is 6.61 Å². The van der Waals surface area contributed by atoms with E-state index in [0.29, 0.717) is 6.41 Å². The molecular formula is C16H25NO11. The lowest BCUT2D eigenvalue weighted by Gasteiger charge is -2.47. The van der Waals surface area contributed by atoms with Crippen LogP contribution in [-0.4, -0.2) is 121 Å². The molecule has 3 rings (SSSR count). The van der Waals surface area contributed by atoms with E-state index in [2.05, 4.69) is 0 Å². The topological polar surface area (TPSA) is 186 Å². The van der Waals surface area contributed by atoms with Crippen LogP contribution in [0.4, 0.5) is 0 Å². The molecule has 3 aliphatic heterocycles. The molecule has 3 fully saturated rings. The highest BCUT2D eigenvalue weighted by Crippen LogP contribution is 2.41. The molecule has 12 heteroatoms. The van der Waals surface area contributed by atoms with Gasteiger partial charge in [0.15, 0.2) is 12.3 Å². The number of hydrogen-bond acceptors (Lipinski definition) is 10. The third-order valence-corrected chi connectivity index (χ3v) is 5.49. The van der Waals surface area contributed by atoms with E-state index in [9.17, 15) is 40.2 Å². The Morgan fingerprint density at radius 2 is 1.75 bits per heavy atom. The minimum Gasteiger partial charge on any atom is -0.479 e. The van der Waals surface area contributed by atoms with Crippen molar-refractivity contribution in [1.82, 2.24) is 4.90 Å². The average Bonchev–Trinajstić information content (AvgIpc) is 3.34. The summed E-state index contributed by atoms with van der Waals surface area (Å²) >= 11 is 0. The summed E-state index contributed by atoms with van der Waals surface area (Å²) in [5, 5.41) is 59.4. The number of hydrogen-bond donors (Lipinski definition) is 6. The first-order chi connectivity index (χ1) is 13.0. The van der Waals surface area contributed by atoms with Crippen molar-refractivity contribution in [3.8, 4) is 0 Å². The van der Waals surface area contributed by atoms with Crippen molar-refractivity contribution in [2.24, 2.45) is 0 Å². The zero-order valence-corrected chi connectivity index (χ0v) is 15.2. The maximum Gasteiger partial charge on any atom is 0.335 e. The third kappa shape index (κ3) is 3.39. The van der Waals surface area contributed by atoms with E-state index in [1.165, 1.54) is 18.7 Å². The fourth-order valence-corrected chi connectivity index (χ4v) is 3.91. The number of aliphatic carboxylic acids is 1. The smallest absolute Gasteiger partial charge is 0.335 e. The van der Waals surface area contributed by atoms with E-state index in [-0.39, 0.29) is 0 Å². The van der Waals surface area contributed by atoms with E-state index >= 15 is 0 Å². The Kier molecular flexibility index (Phi) is 5.68. The molecule has 160 valence electrons. The van der Waals surface area contributed by atoms with Crippen LogP contribution in [0.25, 0.3) is 0 Å². The molecule has 0 bridgehead atoms. The zero-order chi connectivity index (χ0) is 21.0. The number of ether oxygens (including phenoxy) is 3. The van der Waals surface area contributed by atoms with E-state index in [1.807, 2.05) is 0 Å². The quantitative estimate of drug-likeness (QED) is 0.186. The monoisotopic (exact) mass is 407 g/mol. The van der Waals surface area contributed by atoms with Gasteiger partial charge in [-0.05, 0) is 13.8 Å². The number of nitrogens with zero attached hydrogens (tertiary/aromatic N) is 1. The summed E-state index contributed by atoms with van der Waals surface area (Å²) in [4.78, 5) is 23.5. The van der Waals surface area contributed by atoms with Gasteiger partial charge in [0.1, 0.15) is 48.8 Å². The highest BCUT2D eigenvalue weighted by molar-refractivity contribution is 5.73. The molecule has 3 heterocycles. The summed E-state index contributed by atoms with van der Waals surface area (Å²) in [6.45, 7) is 2.34. The van der Waals surface area contributed by atoms with Crippen molar-refractivity contribution < 1.29 is 54.4 Å². The van der Waals surface area contributed by atoms with Gasteiger partial charge in [-0.1, -0.05) is 0 Å². The summed E-state index contributed by atoms with van der Waals surface area (Å²) in [5.74, 6) is -1.53. The minimum atomic E-state index is -1.85. The molecule has 3 saturated heterocycles. The van der Waals surface area contributed by atoms with E-state index < -0.39 is 79.3 Å².